The molecule has 0 amide bonds. The zero-order valence-electron chi connectivity index (χ0n) is 7.04. The molecule has 11 heavy (non-hydrogen) atoms. The predicted molar refractivity (Wildman–Crippen MR) is 45.2 cm³/mol. The van der Waals surface area contributed by atoms with Crippen molar-refractivity contribution < 1.29 is 9.53 Å². The van der Waals surface area contributed by atoms with Gasteiger partial charge in [0, 0.05) is 6.08 Å². The monoisotopic (exact) mass is 154 g/mol. The highest BCUT2D eigenvalue weighted by Gasteiger charge is 1.87. The van der Waals surface area contributed by atoms with Crippen LogP contribution in [0.5, 0.6) is 0 Å². The minimum atomic E-state index is -0.287. The quantitative estimate of drug-likeness (QED) is 0.268. The summed E-state index contributed by atoms with van der Waals surface area (Å²) in [5.74, 6) is -0.287. The standard InChI is InChI=1S/C9H14O2/c1-3-4-5-6-7-8-9(10)11-2/h3-4,7-8H,5-6H2,1-2H3/b4-3+,8-7-. The number of hydrogen-bond acceptors (Lipinski definition) is 2. The first kappa shape index (κ1) is 9.95. The van der Waals surface area contributed by atoms with Crippen LogP contribution < -0.4 is 0 Å². The van der Waals surface area contributed by atoms with E-state index in [2.05, 4.69) is 10.8 Å². The third-order valence-corrected chi connectivity index (χ3v) is 1.19. The van der Waals surface area contributed by atoms with E-state index in [9.17, 15) is 4.79 Å². The Hall–Kier alpha value is -1.05. The molecule has 0 fully saturated rings. The molecule has 2 heteroatoms. The number of hydrogen-bond donors (Lipinski definition) is 0. The van der Waals surface area contributed by atoms with Crippen molar-refractivity contribution in [2.24, 2.45) is 0 Å². The summed E-state index contributed by atoms with van der Waals surface area (Å²) in [7, 11) is 1.37. The molecule has 0 saturated carbocycles. The highest BCUT2D eigenvalue weighted by atomic mass is 16.5. The molecule has 0 N–H and O–H groups in total. The van der Waals surface area contributed by atoms with Crippen LogP contribution in [0.25, 0.3) is 0 Å². The highest BCUT2D eigenvalue weighted by molar-refractivity contribution is 5.81. The van der Waals surface area contributed by atoms with Crippen LogP contribution in [0.1, 0.15) is 19.8 Å². The maximum absolute atomic E-state index is 10.5. The zero-order valence-corrected chi connectivity index (χ0v) is 7.04. The number of allylic oxidation sites excluding steroid dienone is 3. The Morgan fingerprint density at radius 1 is 1.36 bits per heavy atom. The van der Waals surface area contributed by atoms with E-state index in [1.54, 1.807) is 0 Å². The van der Waals surface area contributed by atoms with Gasteiger partial charge in [-0.3, -0.25) is 0 Å². The summed E-state index contributed by atoms with van der Waals surface area (Å²) in [6.45, 7) is 1.98. The number of methoxy groups -OCH3 is 1. The Balaban J connectivity index is 3.37. The van der Waals surface area contributed by atoms with E-state index in [4.69, 9.17) is 0 Å². The average molecular weight is 154 g/mol. The fourth-order valence-corrected chi connectivity index (χ4v) is 0.607. The molecule has 2 nitrogen and oxygen atoms in total. The minimum Gasteiger partial charge on any atom is -0.466 e. The summed E-state index contributed by atoms with van der Waals surface area (Å²) in [4.78, 5) is 10.5. The van der Waals surface area contributed by atoms with Gasteiger partial charge in [-0.1, -0.05) is 18.2 Å². The summed E-state index contributed by atoms with van der Waals surface area (Å²) in [6.07, 6.45) is 9.17. The van der Waals surface area contributed by atoms with Gasteiger partial charge >= 0.3 is 5.97 Å². The molecule has 0 aromatic rings. The lowest BCUT2D eigenvalue weighted by molar-refractivity contribution is -0.134. The van der Waals surface area contributed by atoms with E-state index in [0.29, 0.717) is 0 Å². The fraction of sp³-hybridized carbons (Fsp3) is 0.444. The van der Waals surface area contributed by atoms with Crippen molar-refractivity contribution >= 4 is 5.97 Å². The maximum Gasteiger partial charge on any atom is 0.330 e. The van der Waals surface area contributed by atoms with Crippen molar-refractivity contribution in [3.63, 3.8) is 0 Å². The van der Waals surface area contributed by atoms with E-state index >= 15 is 0 Å². The van der Waals surface area contributed by atoms with Crippen molar-refractivity contribution in [1.82, 2.24) is 0 Å². The number of ether oxygens (including phenoxy) is 1. The Kier molecular flexibility index (Phi) is 6.39. The average Bonchev–Trinajstić information content (AvgIpc) is 2.04. The van der Waals surface area contributed by atoms with Gasteiger partial charge in [-0.15, -0.1) is 0 Å². The summed E-state index contributed by atoms with van der Waals surface area (Å²) < 4.78 is 4.41. The van der Waals surface area contributed by atoms with Gasteiger partial charge in [0.2, 0.25) is 0 Å². The van der Waals surface area contributed by atoms with E-state index in [1.165, 1.54) is 13.2 Å². The van der Waals surface area contributed by atoms with Gasteiger partial charge < -0.3 is 4.74 Å². The fourth-order valence-electron chi connectivity index (χ4n) is 0.607. The molecule has 0 atom stereocenters. The molecule has 0 rings (SSSR count). The van der Waals surface area contributed by atoms with Crippen LogP contribution in [-0.4, -0.2) is 13.1 Å². The second kappa shape index (κ2) is 7.06. The van der Waals surface area contributed by atoms with Gasteiger partial charge in [-0.25, -0.2) is 4.79 Å². The molecule has 0 bridgehead atoms. The lowest BCUT2D eigenvalue weighted by Gasteiger charge is -1.88. The van der Waals surface area contributed by atoms with Crippen molar-refractivity contribution in [1.29, 1.82) is 0 Å². The predicted octanol–water partition coefficient (Wildman–Crippen LogP) is 2.07. The molecule has 0 spiro atoms. The van der Waals surface area contributed by atoms with E-state index in [1.807, 2.05) is 19.1 Å². The van der Waals surface area contributed by atoms with Crippen molar-refractivity contribution in [3.05, 3.63) is 24.3 Å². The van der Waals surface area contributed by atoms with Crippen LogP contribution in [0.2, 0.25) is 0 Å². The molecule has 0 aliphatic rings. The Morgan fingerprint density at radius 3 is 2.55 bits per heavy atom. The van der Waals surface area contributed by atoms with Crippen LogP contribution in [0, 0.1) is 0 Å². The van der Waals surface area contributed by atoms with Crippen LogP contribution >= 0.6 is 0 Å². The molecule has 62 valence electrons. The normalized spacial score (nSPS) is 11.1. The highest BCUT2D eigenvalue weighted by Crippen LogP contribution is 1.92. The Labute approximate surface area is 67.6 Å². The SMILES string of the molecule is C/C=C/CC/C=C\C(=O)OC. The molecule has 0 aromatic carbocycles. The second-order valence-corrected chi connectivity index (χ2v) is 2.07. The van der Waals surface area contributed by atoms with Crippen molar-refractivity contribution in [3.8, 4) is 0 Å². The van der Waals surface area contributed by atoms with Gasteiger partial charge in [0.1, 0.15) is 0 Å². The zero-order chi connectivity index (χ0) is 8.53. The van der Waals surface area contributed by atoms with Gasteiger partial charge in [0.25, 0.3) is 0 Å². The molecule has 0 aliphatic heterocycles. The molecule has 0 aromatic heterocycles. The molecule has 0 radical (unpaired) electrons. The topological polar surface area (TPSA) is 26.3 Å². The van der Waals surface area contributed by atoms with Crippen molar-refractivity contribution in [2.75, 3.05) is 7.11 Å². The van der Waals surface area contributed by atoms with E-state index in [-0.39, 0.29) is 5.97 Å². The van der Waals surface area contributed by atoms with Gasteiger partial charge in [0.05, 0.1) is 7.11 Å². The van der Waals surface area contributed by atoms with Crippen LogP contribution in [0.3, 0.4) is 0 Å². The maximum atomic E-state index is 10.5. The molecular weight excluding hydrogens is 140 g/mol. The third-order valence-electron chi connectivity index (χ3n) is 1.19. The van der Waals surface area contributed by atoms with Crippen LogP contribution in [-0.2, 0) is 9.53 Å². The first-order valence-corrected chi connectivity index (χ1v) is 3.67. The minimum absolute atomic E-state index is 0.287. The number of carbonyl (C=O) groups is 1. The molecular formula is C9H14O2. The molecule has 0 heterocycles. The Bertz CT molecular complexity index is 157. The summed E-state index contributed by atoms with van der Waals surface area (Å²) in [6, 6.07) is 0. The van der Waals surface area contributed by atoms with Gasteiger partial charge in [-0.05, 0) is 19.8 Å². The number of unbranched alkanes of at least 4 members (excludes halogenated alkanes) is 1. The van der Waals surface area contributed by atoms with E-state index < -0.39 is 0 Å². The molecule has 0 saturated heterocycles. The summed E-state index contributed by atoms with van der Waals surface area (Å²) in [5.41, 5.74) is 0. The largest absolute Gasteiger partial charge is 0.466 e. The Morgan fingerprint density at radius 2 is 2.00 bits per heavy atom. The van der Waals surface area contributed by atoms with Crippen molar-refractivity contribution in [2.45, 2.75) is 19.8 Å². The first-order chi connectivity index (χ1) is 5.31. The smallest absolute Gasteiger partial charge is 0.330 e. The number of carbonyl (C=O) groups excluding carboxylic acids is 1. The number of rotatable bonds is 4. The second-order valence-electron chi connectivity index (χ2n) is 2.07. The van der Waals surface area contributed by atoms with Crippen LogP contribution in [0.4, 0.5) is 0 Å². The summed E-state index contributed by atoms with van der Waals surface area (Å²) >= 11 is 0. The van der Waals surface area contributed by atoms with Gasteiger partial charge in [-0.2, -0.15) is 0 Å². The lowest BCUT2D eigenvalue weighted by atomic mass is 10.3. The lowest BCUT2D eigenvalue weighted by Crippen LogP contribution is -1.93. The van der Waals surface area contributed by atoms with E-state index in [0.717, 1.165) is 12.8 Å². The number of esters is 1. The first-order valence-electron chi connectivity index (χ1n) is 3.67. The van der Waals surface area contributed by atoms with Gasteiger partial charge in [0.15, 0.2) is 0 Å². The summed E-state index contributed by atoms with van der Waals surface area (Å²) in [5, 5.41) is 0. The molecule has 0 unspecified atom stereocenters. The third kappa shape index (κ3) is 6.84. The van der Waals surface area contributed by atoms with Crippen LogP contribution in [0.15, 0.2) is 24.3 Å². The molecule has 0 aliphatic carbocycles.